The summed E-state index contributed by atoms with van der Waals surface area (Å²) in [7, 11) is 0. The van der Waals surface area contributed by atoms with Gasteiger partial charge in [-0.05, 0) is 18.4 Å². The number of hydrogen-bond acceptors (Lipinski definition) is 5. The zero-order chi connectivity index (χ0) is 15.6. The van der Waals surface area contributed by atoms with Crippen LogP contribution in [0.1, 0.15) is 31.4 Å². The van der Waals surface area contributed by atoms with E-state index < -0.39 is 16.4 Å². The van der Waals surface area contributed by atoms with Crippen molar-refractivity contribution in [3.05, 3.63) is 39.9 Å². The van der Waals surface area contributed by atoms with Crippen LogP contribution in [0, 0.1) is 10.1 Å². The smallest absolute Gasteiger partial charge is 0.325 e. The number of carbonyl (C=O) groups is 1. The molecule has 0 saturated carbocycles. The Morgan fingerprint density at radius 2 is 2.33 bits per heavy atom. The molecule has 3 N–H and O–H groups in total. The van der Waals surface area contributed by atoms with Crippen molar-refractivity contribution in [3.8, 4) is 0 Å². The minimum Gasteiger partial charge on any atom is -0.480 e. The lowest BCUT2D eigenvalue weighted by molar-refractivity contribution is -0.385. The van der Waals surface area contributed by atoms with Gasteiger partial charge in [0.05, 0.1) is 4.92 Å². The number of nitro groups is 1. The Labute approximate surface area is 122 Å². The maximum absolute atomic E-state index is 11.2. The first-order chi connectivity index (χ1) is 9.87. The summed E-state index contributed by atoms with van der Waals surface area (Å²) < 4.78 is 0. The van der Waals surface area contributed by atoms with Gasteiger partial charge in [0.25, 0.3) is 5.69 Å². The molecule has 0 bridgehead atoms. The lowest BCUT2D eigenvalue weighted by atomic mass is 10.00. The predicted octanol–water partition coefficient (Wildman–Crippen LogP) is 1.53. The maximum atomic E-state index is 11.2. The molecule has 7 heteroatoms. The Bertz CT molecular complexity index is 563. The summed E-state index contributed by atoms with van der Waals surface area (Å²) in [5.41, 5.74) is 5.53. The van der Waals surface area contributed by atoms with Crippen LogP contribution < -0.4 is 5.73 Å². The normalized spacial score (nSPS) is 23.9. The quantitative estimate of drug-likeness (QED) is 0.629. The highest BCUT2D eigenvalue weighted by Gasteiger charge is 2.43. The van der Waals surface area contributed by atoms with Crippen molar-refractivity contribution in [2.24, 2.45) is 5.73 Å². The van der Waals surface area contributed by atoms with E-state index in [9.17, 15) is 20.0 Å². The van der Waals surface area contributed by atoms with Gasteiger partial charge in [-0.3, -0.25) is 19.8 Å². The molecule has 2 rings (SSSR count). The molecule has 1 saturated heterocycles. The number of rotatable bonds is 5. The summed E-state index contributed by atoms with van der Waals surface area (Å²) in [5.74, 6) is -1.00. The van der Waals surface area contributed by atoms with Crippen molar-refractivity contribution < 1.29 is 14.8 Å². The minimum absolute atomic E-state index is 0.0439. The van der Waals surface area contributed by atoms with Gasteiger partial charge >= 0.3 is 5.97 Å². The van der Waals surface area contributed by atoms with Crippen LogP contribution in [0.5, 0.6) is 0 Å². The highest BCUT2D eigenvalue weighted by molar-refractivity contribution is 5.79. The Morgan fingerprint density at radius 3 is 2.86 bits per heavy atom. The molecule has 2 unspecified atom stereocenters. The molecule has 0 aromatic heterocycles. The van der Waals surface area contributed by atoms with E-state index in [0.717, 1.165) is 12.0 Å². The number of nitrogens with zero attached hydrogens (tertiary/aromatic N) is 2. The van der Waals surface area contributed by atoms with E-state index >= 15 is 0 Å². The fourth-order valence-electron chi connectivity index (χ4n) is 2.85. The standard InChI is InChI=1S/C14H19N3O4/c1-2-12(10-4-3-5-11(8-10)17(20)21)16-7-6-14(15,9-16)13(18)19/h3-5,8,12H,2,6-7,9,15H2,1H3,(H,18,19). The molecule has 1 aromatic rings. The van der Waals surface area contributed by atoms with Crippen LogP contribution in [0.15, 0.2) is 24.3 Å². The van der Waals surface area contributed by atoms with Gasteiger partial charge in [-0.15, -0.1) is 0 Å². The third-order valence-electron chi connectivity index (χ3n) is 4.05. The van der Waals surface area contributed by atoms with Crippen LogP contribution in [0.2, 0.25) is 0 Å². The SMILES string of the molecule is CCC(c1cccc([N+](=O)[O-])c1)N1CCC(N)(C(=O)O)C1. The van der Waals surface area contributed by atoms with Gasteiger partial charge in [-0.1, -0.05) is 19.1 Å². The van der Waals surface area contributed by atoms with E-state index in [1.165, 1.54) is 6.07 Å². The summed E-state index contributed by atoms with van der Waals surface area (Å²) in [4.78, 5) is 23.7. The fraction of sp³-hybridized carbons (Fsp3) is 0.500. The number of non-ortho nitro benzene ring substituents is 1. The van der Waals surface area contributed by atoms with Gasteiger partial charge in [-0.25, -0.2) is 0 Å². The van der Waals surface area contributed by atoms with E-state index in [4.69, 9.17) is 5.73 Å². The molecule has 1 aromatic carbocycles. The van der Waals surface area contributed by atoms with E-state index in [1.54, 1.807) is 12.1 Å². The van der Waals surface area contributed by atoms with Crippen LogP contribution in [-0.2, 0) is 4.79 Å². The van der Waals surface area contributed by atoms with Crippen molar-refractivity contribution in [1.82, 2.24) is 4.90 Å². The predicted molar refractivity (Wildman–Crippen MR) is 76.9 cm³/mol. The number of carboxylic acid groups (broad SMARTS) is 1. The van der Waals surface area contributed by atoms with Gasteiger partial charge in [0, 0.05) is 31.3 Å². The summed E-state index contributed by atoms with van der Waals surface area (Å²) in [5, 5.41) is 20.1. The molecule has 0 aliphatic carbocycles. The summed E-state index contributed by atoms with van der Waals surface area (Å²) >= 11 is 0. The van der Waals surface area contributed by atoms with Crippen molar-refractivity contribution in [2.45, 2.75) is 31.3 Å². The number of carboxylic acids is 1. The molecule has 1 aliphatic rings. The highest BCUT2D eigenvalue weighted by Crippen LogP contribution is 2.32. The number of nitro benzene ring substituents is 1. The van der Waals surface area contributed by atoms with Crippen LogP contribution in [0.3, 0.4) is 0 Å². The molecular weight excluding hydrogens is 274 g/mol. The van der Waals surface area contributed by atoms with Crippen molar-refractivity contribution in [1.29, 1.82) is 0 Å². The first-order valence-corrected chi connectivity index (χ1v) is 6.88. The molecule has 114 valence electrons. The molecule has 2 atom stereocenters. The number of nitrogens with two attached hydrogens (primary N) is 1. The Balaban J connectivity index is 2.23. The zero-order valence-electron chi connectivity index (χ0n) is 11.9. The average molecular weight is 293 g/mol. The third-order valence-corrected chi connectivity index (χ3v) is 4.05. The van der Waals surface area contributed by atoms with E-state index in [-0.39, 0.29) is 18.3 Å². The summed E-state index contributed by atoms with van der Waals surface area (Å²) in [6.07, 6.45) is 1.12. The lowest BCUT2D eigenvalue weighted by Crippen LogP contribution is -2.50. The Hall–Kier alpha value is -1.99. The molecular formula is C14H19N3O4. The Kier molecular flexibility index (Phi) is 4.24. The topological polar surface area (TPSA) is 110 Å². The molecule has 0 radical (unpaired) electrons. The van der Waals surface area contributed by atoms with Crippen molar-refractivity contribution >= 4 is 11.7 Å². The average Bonchev–Trinajstić information content (AvgIpc) is 2.84. The first-order valence-electron chi connectivity index (χ1n) is 6.88. The number of aliphatic carboxylic acids is 1. The Morgan fingerprint density at radius 1 is 1.62 bits per heavy atom. The molecule has 7 nitrogen and oxygen atoms in total. The van der Waals surface area contributed by atoms with E-state index in [0.29, 0.717) is 13.0 Å². The van der Waals surface area contributed by atoms with Crippen LogP contribution in [-0.4, -0.2) is 39.5 Å². The molecule has 1 heterocycles. The fourth-order valence-corrected chi connectivity index (χ4v) is 2.85. The molecule has 1 fully saturated rings. The molecule has 21 heavy (non-hydrogen) atoms. The highest BCUT2D eigenvalue weighted by atomic mass is 16.6. The number of hydrogen-bond donors (Lipinski definition) is 2. The maximum Gasteiger partial charge on any atom is 0.325 e. The number of benzene rings is 1. The van der Waals surface area contributed by atoms with Gasteiger partial charge in [0.1, 0.15) is 5.54 Å². The monoisotopic (exact) mass is 293 g/mol. The summed E-state index contributed by atoms with van der Waals surface area (Å²) in [6.45, 7) is 2.80. The largest absolute Gasteiger partial charge is 0.480 e. The molecule has 0 spiro atoms. The second kappa shape index (κ2) is 5.79. The summed E-state index contributed by atoms with van der Waals surface area (Å²) in [6, 6.07) is 6.42. The zero-order valence-corrected chi connectivity index (χ0v) is 11.9. The van der Waals surface area contributed by atoms with E-state index in [1.807, 2.05) is 17.9 Å². The molecule has 0 amide bonds. The number of likely N-dealkylation sites (tertiary alicyclic amines) is 1. The third kappa shape index (κ3) is 3.03. The second-order valence-electron chi connectivity index (χ2n) is 5.46. The minimum atomic E-state index is -1.23. The lowest BCUT2D eigenvalue weighted by Gasteiger charge is -2.28. The van der Waals surface area contributed by atoms with Crippen molar-refractivity contribution in [3.63, 3.8) is 0 Å². The van der Waals surface area contributed by atoms with Crippen LogP contribution in [0.4, 0.5) is 5.69 Å². The van der Waals surface area contributed by atoms with Gasteiger partial charge in [-0.2, -0.15) is 0 Å². The van der Waals surface area contributed by atoms with Gasteiger partial charge < -0.3 is 10.8 Å². The first kappa shape index (κ1) is 15.4. The van der Waals surface area contributed by atoms with Gasteiger partial charge in [0.15, 0.2) is 0 Å². The van der Waals surface area contributed by atoms with Crippen molar-refractivity contribution in [2.75, 3.05) is 13.1 Å². The van der Waals surface area contributed by atoms with Gasteiger partial charge in [0.2, 0.25) is 0 Å². The van der Waals surface area contributed by atoms with Crippen LogP contribution in [0.25, 0.3) is 0 Å². The van der Waals surface area contributed by atoms with E-state index in [2.05, 4.69) is 0 Å². The van der Waals surface area contributed by atoms with Crippen LogP contribution >= 0.6 is 0 Å². The molecule has 1 aliphatic heterocycles. The second-order valence-corrected chi connectivity index (χ2v) is 5.46.